The maximum Gasteiger partial charge on any atom is 0.309 e. The van der Waals surface area contributed by atoms with Crippen LogP contribution in [0.1, 0.15) is 174 Å². The number of esters is 1. The van der Waals surface area contributed by atoms with Gasteiger partial charge in [0.15, 0.2) is 0 Å². The van der Waals surface area contributed by atoms with Crippen LogP contribution in [0.3, 0.4) is 0 Å². The molecular weight excluding hydrogens is 556 g/mol. The predicted octanol–water partition coefficient (Wildman–Crippen LogP) is 8.15. The summed E-state index contributed by atoms with van der Waals surface area (Å²) in [7, 11) is 0. The summed E-state index contributed by atoms with van der Waals surface area (Å²) in [4.78, 5) is 23.1. The summed E-state index contributed by atoms with van der Waals surface area (Å²) < 4.78 is 18.0. The number of carbonyl (C=O) groups is 2. The van der Waals surface area contributed by atoms with E-state index in [4.69, 9.17) is 14.2 Å². The Bertz CT molecular complexity index is 788. The van der Waals surface area contributed by atoms with Crippen molar-refractivity contribution in [2.45, 2.75) is 217 Å². The molecule has 0 radical (unpaired) electrons. The average molecular weight is 623 g/mol. The van der Waals surface area contributed by atoms with Crippen molar-refractivity contribution in [3.63, 3.8) is 0 Å². The van der Waals surface area contributed by atoms with Crippen LogP contribution in [-0.4, -0.2) is 64.7 Å². The Labute approximate surface area is 268 Å². The molecule has 44 heavy (non-hydrogen) atoms. The van der Waals surface area contributed by atoms with Crippen molar-refractivity contribution in [2.75, 3.05) is 0 Å². The molecule has 2 N–H and O–H groups in total. The number of carbonyl (C=O) groups excluding carboxylic acids is 2. The molecule has 3 aliphatic heterocycles. The van der Waals surface area contributed by atoms with Crippen LogP contribution >= 0.6 is 0 Å². The highest BCUT2D eigenvalue weighted by atomic mass is 16.6. The van der Waals surface area contributed by atoms with Crippen LogP contribution < -0.4 is 0 Å². The zero-order valence-electron chi connectivity index (χ0n) is 28.2. The van der Waals surface area contributed by atoms with Crippen LogP contribution in [0, 0.1) is 5.92 Å². The molecule has 3 fully saturated rings. The van der Waals surface area contributed by atoms with E-state index in [2.05, 4.69) is 6.92 Å². The lowest BCUT2D eigenvalue weighted by atomic mass is 9.96. The minimum Gasteiger partial charge on any atom is -0.462 e. The van der Waals surface area contributed by atoms with Gasteiger partial charge in [0.2, 0.25) is 0 Å². The van der Waals surface area contributed by atoms with E-state index in [0.29, 0.717) is 12.8 Å². The Morgan fingerprint density at radius 2 is 1.16 bits per heavy atom. The summed E-state index contributed by atoms with van der Waals surface area (Å²) in [5, 5.41) is 21.4. The third-order valence-corrected chi connectivity index (χ3v) is 10.3. The van der Waals surface area contributed by atoms with Gasteiger partial charge >= 0.3 is 5.97 Å². The molecule has 0 bridgehead atoms. The third kappa shape index (κ3) is 14.2. The van der Waals surface area contributed by atoms with Gasteiger partial charge in [0, 0.05) is 6.42 Å². The molecule has 0 unspecified atom stereocenters. The van der Waals surface area contributed by atoms with Crippen molar-refractivity contribution in [3.8, 4) is 0 Å². The molecule has 0 aromatic rings. The molecule has 256 valence electrons. The lowest BCUT2D eigenvalue weighted by molar-refractivity contribution is -0.145. The topological polar surface area (TPSA) is 102 Å². The van der Waals surface area contributed by atoms with Gasteiger partial charge in [-0.25, -0.2) is 0 Å². The van der Waals surface area contributed by atoms with E-state index in [-0.39, 0.29) is 54.3 Å². The number of hydrogen-bond donors (Lipinski definition) is 2. The zero-order chi connectivity index (χ0) is 31.6. The maximum atomic E-state index is 11.9. The second-order valence-electron chi connectivity index (χ2n) is 14.3. The molecule has 0 aliphatic carbocycles. The minimum atomic E-state index is -0.399. The Morgan fingerprint density at radius 3 is 1.64 bits per heavy atom. The van der Waals surface area contributed by atoms with E-state index >= 15 is 0 Å². The molecule has 3 heterocycles. The molecule has 0 amide bonds. The van der Waals surface area contributed by atoms with E-state index < -0.39 is 6.10 Å². The number of unbranched alkanes of at least 4 members (excludes halogenated alkanes) is 14. The molecule has 0 aromatic carbocycles. The number of aliphatic hydroxyl groups excluding tert-OH is 2. The predicted molar refractivity (Wildman–Crippen MR) is 174 cm³/mol. The van der Waals surface area contributed by atoms with Crippen LogP contribution in [0.5, 0.6) is 0 Å². The summed E-state index contributed by atoms with van der Waals surface area (Å²) in [5.41, 5.74) is 0. The van der Waals surface area contributed by atoms with Gasteiger partial charge in [-0.15, -0.1) is 0 Å². The second-order valence-corrected chi connectivity index (χ2v) is 14.3. The molecule has 7 heteroatoms. The fourth-order valence-electron chi connectivity index (χ4n) is 7.55. The van der Waals surface area contributed by atoms with Crippen molar-refractivity contribution in [2.24, 2.45) is 5.92 Å². The van der Waals surface area contributed by atoms with Crippen molar-refractivity contribution in [1.82, 2.24) is 0 Å². The van der Waals surface area contributed by atoms with Crippen molar-refractivity contribution >= 4 is 11.8 Å². The molecule has 3 saturated heterocycles. The number of ether oxygens (including phenoxy) is 3. The first-order valence-corrected chi connectivity index (χ1v) is 18.7. The van der Waals surface area contributed by atoms with Gasteiger partial charge in [-0.2, -0.15) is 0 Å². The summed E-state index contributed by atoms with van der Waals surface area (Å²) in [5.74, 6) is -0.348. The van der Waals surface area contributed by atoms with Crippen molar-refractivity contribution in [3.05, 3.63) is 0 Å². The van der Waals surface area contributed by atoms with Gasteiger partial charge in [-0.3, -0.25) is 4.79 Å². The second kappa shape index (κ2) is 21.7. The number of aliphatic hydroxyl groups is 2. The number of ketones is 1. The molecule has 3 aliphatic rings. The van der Waals surface area contributed by atoms with Crippen LogP contribution in [0.15, 0.2) is 0 Å². The van der Waals surface area contributed by atoms with Gasteiger partial charge in [0.1, 0.15) is 11.9 Å². The Morgan fingerprint density at radius 1 is 0.705 bits per heavy atom. The summed E-state index contributed by atoms with van der Waals surface area (Å²) in [6, 6.07) is 0. The molecule has 8 atom stereocenters. The lowest BCUT2D eigenvalue weighted by Crippen LogP contribution is -2.33. The van der Waals surface area contributed by atoms with E-state index in [1.807, 2.05) is 0 Å². The highest BCUT2D eigenvalue weighted by Gasteiger charge is 2.40. The summed E-state index contributed by atoms with van der Waals surface area (Å²) >= 11 is 0. The maximum absolute atomic E-state index is 11.9. The summed E-state index contributed by atoms with van der Waals surface area (Å²) in [6.07, 6.45) is 26.0. The first kappa shape index (κ1) is 37.4. The molecule has 0 aromatic heterocycles. The molecule has 7 nitrogen and oxygen atoms in total. The quantitative estimate of drug-likeness (QED) is 0.0782. The smallest absolute Gasteiger partial charge is 0.309 e. The Balaban J connectivity index is 1.13. The fourth-order valence-corrected chi connectivity index (χ4v) is 7.55. The van der Waals surface area contributed by atoms with Crippen LogP contribution in [-0.2, 0) is 23.8 Å². The lowest BCUT2D eigenvalue weighted by Gasteiger charge is -2.24. The van der Waals surface area contributed by atoms with E-state index in [0.717, 1.165) is 77.0 Å². The van der Waals surface area contributed by atoms with Crippen LogP contribution in [0.4, 0.5) is 0 Å². The molecular formula is C37H66O7. The van der Waals surface area contributed by atoms with Gasteiger partial charge in [-0.05, 0) is 64.7 Å². The zero-order valence-corrected chi connectivity index (χ0v) is 28.2. The number of Topliss-reactive ketones (excluding diaryl/α,β-unsaturated/α-hetero) is 1. The van der Waals surface area contributed by atoms with E-state index in [1.54, 1.807) is 0 Å². The molecule has 0 spiro atoms. The minimum absolute atomic E-state index is 0.00211. The SMILES string of the molecule is CCCCCCCCCC[C@@H](O)[C@H]1CC[C@@H]([C@H]2CC[C@H]([C@H](O)CCCCCCCCCC[C@@H]3C[C@@H](CC(C)=O)C(=O)O3)O2)O1. The Kier molecular flexibility index (Phi) is 18.5. The standard InChI is InChI=1S/C37H66O7/c1-3-4-5-6-7-11-14-17-20-31(39)33-22-24-35(43-33)36-25-23-34(44-36)32(40)21-18-15-12-9-8-10-13-16-19-30-27-29(26-28(2)38)37(41)42-30/h29-36,39-40H,3-27H2,1-2H3/t29-,30-,31-,32-,33-,34-,35+,36-/m1/s1. The van der Waals surface area contributed by atoms with Gasteiger partial charge in [0.05, 0.1) is 42.5 Å². The summed E-state index contributed by atoms with van der Waals surface area (Å²) in [6.45, 7) is 3.79. The number of rotatable bonds is 25. The van der Waals surface area contributed by atoms with Crippen molar-refractivity contribution in [1.29, 1.82) is 0 Å². The molecule has 3 rings (SSSR count). The number of hydrogen-bond acceptors (Lipinski definition) is 7. The van der Waals surface area contributed by atoms with Crippen molar-refractivity contribution < 1.29 is 34.0 Å². The van der Waals surface area contributed by atoms with Crippen LogP contribution in [0.2, 0.25) is 0 Å². The monoisotopic (exact) mass is 622 g/mol. The third-order valence-electron chi connectivity index (χ3n) is 10.3. The van der Waals surface area contributed by atoms with E-state index in [9.17, 15) is 19.8 Å². The van der Waals surface area contributed by atoms with Crippen LogP contribution in [0.25, 0.3) is 0 Å². The Hall–Kier alpha value is -1.02. The van der Waals surface area contributed by atoms with Gasteiger partial charge in [-0.1, -0.05) is 103 Å². The number of cyclic esters (lactones) is 1. The first-order chi connectivity index (χ1) is 21.4. The first-order valence-electron chi connectivity index (χ1n) is 18.7. The highest BCUT2D eigenvalue weighted by molar-refractivity contribution is 5.83. The normalized spacial score (nSPS) is 28.4. The highest BCUT2D eigenvalue weighted by Crippen LogP contribution is 2.35. The molecule has 0 saturated carbocycles. The largest absolute Gasteiger partial charge is 0.462 e. The van der Waals surface area contributed by atoms with Gasteiger partial charge < -0.3 is 29.2 Å². The van der Waals surface area contributed by atoms with Gasteiger partial charge in [0.25, 0.3) is 0 Å². The fraction of sp³-hybridized carbons (Fsp3) is 0.946. The average Bonchev–Trinajstić information content (AvgIpc) is 3.75. The van der Waals surface area contributed by atoms with E-state index in [1.165, 1.54) is 77.6 Å².